The number of thioether (sulfide) groups is 1. The molecule has 2 rings (SSSR count). The molecule has 2 heterocycles. The molecule has 5 heteroatoms. The van der Waals surface area contributed by atoms with Crippen LogP contribution in [-0.2, 0) is 7.05 Å². The van der Waals surface area contributed by atoms with E-state index in [0.29, 0.717) is 6.04 Å². The Morgan fingerprint density at radius 1 is 1.67 bits per heavy atom. The maximum Gasteiger partial charge on any atom is 0.161 e. The number of aromatic nitrogens is 2. The minimum absolute atomic E-state index is 0.481. The second kappa shape index (κ2) is 4.26. The van der Waals surface area contributed by atoms with Crippen LogP contribution in [0.1, 0.15) is 19.0 Å². The first-order valence-electron chi connectivity index (χ1n) is 5.17. The summed E-state index contributed by atoms with van der Waals surface area (Å²) in [6.45, 7) is 4.17. The molecule has 15 heavy (non-hydrogen) atoms. The first kappa shape index (κ1) is 10.5. The predicted molar refractivity (Wildman–Crippen MR) is 65.5 cm³/mol. The van der Waals surface area contributed by atoms with Crippen molar-refractivity contribution < 1.29 is 0 Å². The van der Waals surface area contributed by atoms with E-state index in [1.807, 2.05) is 24.9 Å². The van der Waals surface area contributed by atoms with Gasteiger partial charge in [-0.05, 0) is 13.3 Å². The van der Waals surface area contributed by atoms with Crippen molar-refractivity contribution in [2.75, 3.05) is 11.1 Å². The van der Waals surface area contributed by atoms with Crippen LogP contribution in [0.25, 0.3) is 0 Å². The second-order valence-corrected chi connectivity index (χ2v) is 4.74. The summed E-state index contributed by atoms with van der Waals surface area (Å²) in [6.07, 6.45) is 3.10. The summed E-state index contributed by atoms with van der Waals surface area (Å²) in [5.74, 6) is 1.10. The zero-order valence-electron chi connectivity index (χ0n) is 9.32. The van der Waals surface area contributed by atoms with Crippen LogP contribution in [-0.4, -0.2) is 26.7 Å². The highest BCUT2D eigenvalue weighted by Gasteiger charge is 2.17. The van der Waals surface area contributed by atoms with E-state index in [9.17, 15) is 0 Å². The Hall–Kier alpha value is -0.970. The molecule has 0 amide bonds. The standard InChI is InChI=1S/C10H16N4S/c1-4-8-6-15-10(11-8)12-9-5-14(3)13-7(9)2/h5,8H,4,6H2,1-3H3,(H,11,12). The van der Waals surface area contributed by atoms with Crippen molar-refractivity contribution in [1.82, 2.24) is 9.78 Å². The van der Waals surface area contributed by atoms with Gasteiger partial charge in [-0.15, -0.1) is 0 Å². The van der Waals surface area contributed by atoms with Gasteiger partial charge in [-0.2, -0.15) is 5.10 Å². The molecule has 0 saturated heterocycles. The Morgan fingerprint density at radius 2 is 2.47 bits per heavy atom. The summed E-state index contributed by atoms with van der Waals surface area (Å²) in [6, 6.07) is 0.481. The van der Waals surface area contributed by atoms with Gasteiger partial charge in [0, 0.05) is 19.0 Å². The molecule has 1 atom stereocenters. The molecule has 1 unspecified atom stereocenters. The summed E-state index contributed by atoms with van der Waals surface area (Å²) < 4.78 is 1.81. The Balaban J connectivity index is 2.06. The zero-order valence-corrected chi connectivity index (χ0v) is 10.1. The topological polar surface area (TPSA) is 42.2 Å². The van der Waals surface area contributed by atoms with E-state index < -0.39 is 0 Å². The molecule has 0 bridgehead atoms. The minimum Gasteiger partial charge on any atom is -0.332 e. The Kier molecular flexibility index (Phi) is 3.00. The lowest BCUT2D eigenvalue weighted by Gasteiger charge is -2.01. The van der Waals surface area contributed by atoms with Crippen LogP contribution in [0.4, 0.5) is 5.69 Å². The summed E-state index contributed by atoms with van der Waals surface area (Å²) >= 11 is 1.79. The number of nitrogens with one attached hydrogen (secondary N) is 1. The van der Waals surface area contributed by atoms with E-state index in [4.69, 9.17) is 0 Å². The number of rotatable bonds is 2. The van der Waals surface area contributed by atoms with Gasteiger partial charge in [0.1, 0.15) is 0 Å². The highest BCUT2D eigenvalue weighted by molar-refractivity contribution is 8.14. The molecular formula is C10H16N4S. The fourth-order valence-electron chi connectivity index (χ4n) is 1.53. The van der Waals surface area contributed by atoms with Crippen molar-refractivity contribution in [3.05, 3.63) is 11.9 Å². The van der Waals surface area contributed by atoms with Gasteiger partial charge in [-0.3, -0.25) is 9.67 Å². The van der Waals surface area contributed by atoms with Gasteiger partial charge in [0.2, 0.25) is 0 Å². The molecule has 4 nitrogen and oxygen atoms in total. The van der Waals surface area contributed by atoms with Gasteiger partial charge >= 0.3 is 0 Å². The third-order valence-electron chi connectivity index (χ3n) is 2.44. The number of amidine groups is 1. The van der Waals surface area contributed by atoms with Crippen molar-refractivity contribution in [2.24, 2.45) is 12.0 Å². The van der Waals surface area contributed by atoms with E-state index in [1.54, 1.807) is 11.8 Å². The number of hydrogen-bond donors (Lipinski definition) is 1. The Labute approximate surface area is 94.2 Å². The number of anilines is 1. The first-order chi connectivity index (χ1) is 7.19. The quantitative estimate of drug-likeness (QED) is 0.835. The molecule has 0 aromatic carbocycles. The third kappa shape index (κ3) is 2.34. The lowest BCUT2D eigenvalue weighted by Crippen LogP contribution is -2.05. The van der Waals surface area contributed by atoms with Crippen LogP contribution in [0.15, 0.2) is 11.2 Å². The number of aliphatic imine (C=N–C) groups is 1. The molecule has 0 fully saturated rings. The largest absolute Gasteiger partial charge is 0.332 e. The van der Waals surface area contributed by atoms with Gasteiger partial charge in [-0.25, -0.2) is 0 Å². The lowest BCUT2D eigenvalue weighted by atomic mass is 10.3. The van der Waals surface area contributed by atoms with Crippen molar-refractivity contribution in [3.63, 3.8) is 0 Å². The maximum absolute atomic E-state index is 4.58. The van der Waals surface area contributed by atoms with Crippen LogP contribution >= 0.6 is 11.8 Å². The van der Waals surface area contributed by atoms with Crippen LogP contribution < -0.4 is 5.32 Å². The average Bonchev–Trinajstić information content (AvgIpc) is 2.75. The molecule has 0 aliphatic carbocycles. The van der Waals surface area contributed by atoms with Crippen LogP contribution in [0.3, 0.4) is 0 Å². The highest BCUT2D eigenvalue weighted by atomic mass is 32.2. The van der Waals surface area contributed by atoms with Crippen LogP contribution in [0, 0.1) is 6.92 Å². The fraction of sp³-hybridized carbons (Fsp3) is 0.600. The Bertz CT molecular complexity index is 383. The SMILES string of the molecule is CCC1CSC(Nc2cn(C)nc2C)=N1. The molecular weight excluding hydrogens is 208 g/mol. The van der Waals surface area contributed by atoms with Crippen molar-refractivity contribution in [3.8, 4) is 0 Å². The molecule has 82 valence electrons. The van der Waals surface area contributed by atoms with Gasteiger partial charge in [-0.1, -0.05) is 18.7 Å². The number of aryl methyl sites for hydroxylation is 2. The van der Waals surface area contributed by atoms with Crippen molar-refractivity contribution in [2.45, 2.75) is 26.3 Å². The fourth-order valence-corrected chi connectivity index (χ4v) is 2.60. The van der Waals surface area contributed by atoms with Gasteiger partial charge in [0.15, 0.2) is 5.17 Å². The lowest BCUT2D eigenvalue weighted by molar-refractivity contribution is 0.738. The van der Waals surface area contributed by atoms with Crippen molar-refractivity contribution in [1.29, 1.82) is 0 Å². The smallest absolute Gasteiger partial charge is 0.161 e. The summed E-state index contributed by atoms with van der Waals surface area (Å²) in [7, 11) is 1.93. The van der Waals surface area contributed by atoms with Gasteiger partial charge in [0.25, 0.3) is 0 Å². The summed E-state index contributed by atoms with van der Waals surface area (Å²) in [5.41, 5.74) is 2.07. The molecule has 1 N–H and O–H groups in total. The molecule has 0 radical (unpaired) electrons. The number of hydrogen-bond acceptors (Lipinski definition) is 4. The monoisotopic (exact) mass is 224 g/mol. The van der Waals surface area contributed by atoms with E-state index in [-0.39, 0.29) is 0 Å². The van der Waals surface area contributed by atoms with Crippen molar-refractivity contribution >= 4 is 22.6 Å². The Morgan fingerprint density at radius 3 is 3.00 bits per heavy atom. The second-order valence-electron chi connectivity index (χ2n) is 3.73. The van der Waals surface area contributed by atoms with E-state index in [1.165, 1.54) is 0 Å². The number of nitrogens with zero attached hydrogens (tertiary/aromatic N) is 3. The molecule has 0 saturated carbocycles. The van der Waals surface area contributed by atoms with Gasteiger partial charge in [0.05, 0.1) is 17.4 Å². The molecule has 1 aliphatic heterocycles. The highest BCUT2D eigenvalue weighted by Crippen LogP contribution is 2.22. The normalized spacial score (nSPS) is 20.5. The van der Waals surface area contributed by atoms with E-state index in [0.717, 1.165) is 28.7 Å². The molecule has 1 aromatic heterocycles. The molecule has 0 spiro atoms. The summed E-state index contributed by atoms with van der Waals surface area (Å²) in [5, 5.41) is 8.63. The van der Waals surface area contributed by atoms with Gasteiger partial charge < -0.3 is 5.32 Å². The third-order valence-corrected chi connectivity index (χ3v) is 3.47. The van der Waals surface area contributed by atoms with Crippen LogP contribution in [0.2, 0.25) is 0 Å². The van der Waals surface area contributed by atoms with E-state index >= 15 is 0 Å². The predicted octanol–water partition coefficient (Wildman–Crippen LogP) is 2.02. The minimum atomic E-state index is 0.481. The van der Waals surface area contributed by atoms with E-state index in [2.05, 4.69) is 22.3 Å². The zero-order chi connectivity index (χ0) is 10.8. The average molecular weight is 224 g/mol. The molecule has 1 aromatic rings. The molecule has 1 aliphatic rings. The van der Waals surface area contributed by atoms with Crippen LogP contribution in [0.5, 0.6) is 0 Å². The first-order valence-corrected chi connectivity index (χ1v) is 6.15. The maximum atomic E-state index is 4.58. The summed E-state index contributed by atoms with van der Waals surface area (Å²) in [4.78, 5) is 4.58.